The van der Waals surface area contributed by atoms with E-state index >= 15 is 0 Å². The highest BCUT2D eigenvalue weighted by atomic mass is 16.7. The van der Waals surface area contributed by atoms with E-state index in [1.807, 2.05) is 48.5 Å². The van der Waals surface area contributed by atoms with Crippen molar-refractivity contribution in [2.45, 2.75) is 25.4 Å². The van der Waals surface area contributed by atoms with Gasteiger partial charge in [-0.25, -0.2) is 0 Å². The lowest BCUT2D eigenvalue weighted by molar-refractivity contribution is -0.186. The molecular weight excluding hydrogens is 376 g/mol. The highest BCUT2D eigenvalue weighted by Crippen LogP contribution is 2.38. The van der Waals surface area contributed by atoms with Gasteiger partial charge in [0.2, 0.25) is 11.6 Å². The Kier molecular flexibility index (Phi) is 6.74. The quantitative estimate of drug-likeness (QED) is 0.476. The summed E-state index contributed by atoms with van der Waals surface area (Å²) in [6.45, 7) is 4.11. The molecule has 0 radical (unpaired) electrons. The third kappa shape index (κ3) is 3.80. The lowest BCUT2D eigenvalue weighted by Crippen LogP contribution is -2.34. The smallest absolute Gasteiger partial charge is 0.221 e. The number of hydrogen-bond acceptors (Lipinski definition) is 4. The van der Waals surface area contributed by atoms with Crippen molar-refractivity contribution in [3.05, 3.63) is 106 Å². The van der Waals surface area contributed by atoms with E-state index in [-0.39, 0.29) is 0 Å². The van der Waals surface area contributed by atoms with E-state index in [2.05, 4.69) is 38.1 Å². The van der Waals surface area contributed by atoms with E-state index in [0.717, 1.165) is 22.3 Å². The van der Waals surface area contributed by atoms with Crippen molar-refractivity contribution in [1.29, 1.82) is 0 Å². The normalized spacial score (nSPS) is 12.2. The van der Waals surface area contributed by atoms with Gasteiger partial charge in [0.25, 0.3) is 0 Å². The molecule has 0 saturated carbocycles. The molecule has 0 heterocycles. The van der Waals surface area contributed by atoms with Crippen LogP contribution in [0.2, 0.25) is 0 Å². The number of benzene rings is 3. The van der Waals surface area contributed by atoms with Crippen molar-refractivity contribution in [3.8, 4) is 0 Å². The van der Waals surface area contributed by atoms with Crippen LogP contribution in [0.3, 0.4) is 0 Å². The van der Waals surface area contributed by atoms with Crippen LogP contribution in [0.5, 0.6) is 0 Å². The zero-order valence-electron chi connectivity index (χ0n) is 18.6. The van der Waals surface area contributed by atoms with Crippen LogP contribution in [0.4, 0.5) is 0 Å². The number of rotatable bonds is 8. The Balaban J connectivity index is 2.06. The van der Waals surface area contributed by atoms with E-state index in [9.17, 15) is 0 Å². The van der Waals surface area contributed by atoms with Crippen LogP contribution in [0.15, 0.2) is 72.8 Å². The Morgan fingerprint density at radius 2 is 0.600 bits per heavy atom. The van der Waals surface area contributed by atoms with Gasteiger partial charge in [0, 0.05) is 50.7 Å². The summed E-state index contributed by atoms with van der Waals surface area (Å²) >= 11 is 0. The third-order valence-electron chi connectivity index (χ3n) is 5.66. The Morgan fingerprint density at radius 1 is 0.400 bits per heavy atom. The third-order valence-corrected chi connectivity index (χ3v) is 5.66. The molecule has 158 valence electrons. The summed E-state index contributed by atoms with van der Waals surface area (Å²) in [6.07, 6.45) is 0. The SMILES string of the molecule is COC(OC)(c1ccc(C)cc1)c1ccc(C(OC)(OC)c2ccc(C)cc2)cc1. The monoisotopic (exact) mass is 406 g/mol. The molecule has 4 nitrogen and oxygen atoms in total. The Labute approximate surface area is 179 Å². The van der Waals surface area contributed by atoms with Crippen molar-refractivity contribution in [2.75, 3.05) is 28.4 Å². The van der Waals surface area contributed by atoms with Crippen molar-refractivity contribution in [1.82, 2.24) is 0 Å². The highest BCUT2D eigenvalue weighted by molar-refractivity contribution is 5.41. The molecule has 0 saturated heterocycles. The molecule has 0 atom stereocenters. The number of ether oxygens (including phenoxy) is 4. The Bertz CT molecular complexity index is 855. The summed E-state index contributed by atoms with van der Waals surface area (Å²) in [7, 11) is 6.60. The molecular formula is C26H30O4. The predicted octanol–water partition coefficient (Wildman–Crippen LogP) is 5.29. The summed E-state index contributed by atoms with van der Waals surface area (Å²) in [5, 5.41) is 0. The predicted molar refractivity (Wildman–Crippen MR) is 118 cm³/mol. The second-order valence-electron chi connectivity index (χ2n) is 7.36. The molecule has 0 aliphatic heterocycles. The maximum absolute atomic E-state index is 5.89. The first-order valence-corrected chi connectivity index (χ1v) is 9.91. The molecule has 3 aromatic rings. The molecule has 0 fully saturated rings. The molecule has 4 heteroatoms. The molecule has 0 N–H and O–H groups in total. The standard InChI is InChI=1S/C26H30O4/c1-19-7-11-21(12-8-19)25(27-3,28-4)23-15-17-24(18-16-23)26(29-5,30-6)22-13-9-20(2)10-14-22/h7-18H,1-6H3. The molecule has 3 aromatic carbocycles. The van der Waals surface area contributed by atoms with E-state index in [4.69, 9.17) is 18.9 Å². The minimum Gasteiger partial charge on any atom is -0.346 e. The lowest BCUT2D eigenvalue weighted by atomic mass is 9.91. The molecule has 0 unspecified atom stereocenters. The van der Waals surface area contributed by atoms with Gasteiger partial charge in [-0.3, -0.25) is 0 Å². The first-order valence-electron chi connectivity index (χ1n) is 9.91. The second kappa shape index (κ2) is 9.11. The summed E-state index contributed by atoms with van der Waals surface area (Å²) in [5.41, 5.74) is 5.97. The zero-order chi connectivity index (χ0) is 21.8. The first-order chi connectivity index (χ1) is 14.5. The fourth-order valence-electron chi connectivity index (χ4n) is 3.90. The fraction of sp³-hybridized carbons (Fsp3) is 0.308. The van der Waals surface area contributed by atoms with Crippen molar-refractivity contribution in [3.63, 3.8) is 0 Å². The van der Waals surface area contributed by atoms with Crippen LogP contribution in [0.1, 0.15) is 33.4 Å². The van der Waals surface area contributed by atoms with E-state index < -0.39 is 11.6 Å². The van der Waals surface area contributed by atoms with Crippen LogP contribution >= 0.6 is 0 Å². The average Bonchev–Trinajstić information content (AvgIpc) is 2.79. The van der Waals surface area contributed by atoms with E-state index in [1.54, 1.807) is 28.4 Å². The number of methoxy groups -OCH3 is 4. The Morgan fingerprint density at radius 3 is 0.800 bits per heavy atom. The van der Waals surface area contributed by atoms with Gasteiger partial charge in [-0.1, -0.05) is 83.9 Å². The van der Waals surface area contributed by atoms with Gasteiger partial charge in [0.1, 0.15) is 0 Å². The molecule has 0 amide bonds. The van der Waals surface area contributed by atoms with Crippen LogP contribution in [-0.2, 0) is 30.5 Å². The second-order valence-corrected chi connectivity index (χ2v) is 7.36. The molecule has 0 aliphatic carbocycles. The van der Waals surface area contributed by atoms with Gasteiger partial charge < -0.3 is 18.9 Å². The van der Waals surface area contributed by atoms with Gasteiger partial charge in [0.05, 0.1) is 0 Å². The Hall–Kier alpha value is -2.50. The van der Waals surface area contributed by atoms with Gasteiger partial charge in [-0.15, -0.1) is 0 Å². The van der Waals surface area contributed by atoms with Crippen LogP contribution in [0, 0.1) is 13.8 Å². The molecule has 3 rings (SSSR count). The largest absolute Gasteiger partial charge is 0.346 e. The fourth-order valence-corrected chi connectivity index (χ4v) is 3.90. The summed E-state index contributed by atoms with van der Waals surface area (Å²) < 4.78 is 23.6. The van der Waals surface area contributed by atoms with Crippen molar-refractivity contribution < 1.29 is 18.9 Å². The maximum atomic E-state index is 5.89. The van der Waals surface area contributed by atoms with Crippen molar-refractivity contribution in [2.24, 2.45) is 0 Å². The molecule has 0 bridgehead atoms. The molecule has 30 heavy (non-hydrogen) atoms. The van der Waals surface area contributed by atoms with Gasteiger partial charge in [0.15, 0.2) is 0 Å². The maximum Gasteiger partial charge on any atom is 0.221 e. The van der Waals surface area contributed by atoms with Gasteiger partial charge in [-0.05, 0) is 13.8 Å². The van der Waals surface area contributed by atoms with Gasteiger partial charge in [-0.2, -0.15) is 0 Å². The molecule has 0 aromatic heterocycles. The summed E-state index contributed by atoms with van der Waals surface area (Å²) in [6, 6.07) is 24.3. The number of aryl methyl sites for hydroxylation is 2. The van der Waals surface area contributed by atoms with Crippen LogP contribution in [0.25, 0.3) is 0 Å². The van der Waals surface area contributed by atoms with E-state index in [1.165, 1.54) is 11.1 Å². The minimum absolute atomic E-state index is 0.880. The number of hydrogen-bond donors (Lipinski definition) is 0. The summed E-state index contributed by atoms with van der Waals surface area (Å²) in [4.78, 5) is 0. The summed E-state index contributed by atoms with van der Waals surface area (Å²) in [5.74, 6) is -2.00. The van der Waals surface area contributed by atoms with Crippen molar-refractivity contribution >= 4 is 0 Å². The highest BCUT2D eigenvalue weighted by Gasteiger charge is 2.37. The lowest BCUT2D eigenvalue weighted by Gasteiger charge is -2.34. The molecule has 0 aliphatic rings. The van der Waals surface area contributed by atoms with Crippen LogP contribution < -0.4 is 0 Å². The molecule has 0 spiro atoms. The van der Waals surface area contributed by atoms with Gasteiger partial charge >= 0.3 is 0 Å². The zero-order valence-corrected chi connectivity index (χ0v) is 18.6. The average molecular weight is 407 g/mol. The first kappa shape index (κ1) is 22.2. The van der Waals surface area contributed by atoms with Crippen LogP contribution in [-0.4, -0.2) is 28.4 Å². The topological polar surface area (TPSA) is 36.9 Å². The minimum atomic E-state index is -1.00. The van der Waals surface area contributed by atoms with E-state index in [0.29, 0.717) is 0 Å².